The summed E-state index contributed by atoms with van der Waals surface area (Å²) in [5.41, 5.74) is 11.3. The number of anilines is 2. The number of amides is 1. The SMILES string of the molecule is CC(C)OC(=O)Nc1ccc(-c2c(N)c3ccc(OCCCc4ncc[nH]4)cc3n2C2CCC2)cc1. The smallest absolute Gasteiger partial charge is 0.411 e. The van der Waals surface area contributed by atoms with E-state index in [0.717, 1.165) is 65.1 Å². The van der Waals surface area contributed by atoms with E-state index in [9.17, 15) is 4.79 Å². The summed E-state index contributed by atoms with van der Waals surface area (Å²) in [5.74, 6) is 1.82. The number of fused-ring (bicyclic) bond motifs is 1. The van der Waals surface area contributed by atoms with Crippen LogP contribution in [0.4, 0.5) is 16.2 Å². The molecule has 0 aliphatic heterocycles. The number of nitrogens with zero attached hydrogens (tertiary/aromatic N) is 2. The van der Waals surface area contributed by atoms with Crippen molar-refractivity contribution in [1.82, 2.24) is 14.5 Å². The van der Waals surface area contributed by atoms with Gasteiger partial charge in [-0.05, 0) is 63.8 Å². The minimum atomic E-state index is -0.461. The van der Waals surface area contributed by atoms with Crippen molar-refractivity contribution in [1.29, 1.82) is 0 Å². The Morgan fingerprint density at radius 2 is 2.03 bits per heavy atom. The van der Waals surface area contributed by atoms with Crippen molar-refractivity contribution >= 4 is 28.4 Å². The Labute approximate surface area is 210 Å². The zero-order chi connectivity index (χ0) is 25.1. The van der Waals surface area contributed by atoms with Gasteiger partial charge in [-0.3, -0.25) is 5.32 Å². The van der Waals surface area contributed by atoms with Crippen LogP contribution in [0.3, 0.4) is 0 Å². The lowest BCUT2D eigenvalue weighted by molar-refractivity contribution is 0.130. The highest BCUT2D eigenvalue weighted by Crippen LogP contribution is 2.44. The summed E-state index contributed by atoms with van der Waals surface area (Å²) in [6.07, 6.45) is 8.18. The van der Waals surface area contributed by atoms with Crippen molar-refractivity contribution in [3.63, 3.8) is 0 Å². The molecule has 2 heterocycles. The second-order valence-electron chi connectivity index (χ2n) is 9.54. The highest BCUT2D eigenvalue weighted by Gasteiger charge is 2.27. The summed E-state index contributed by atoms with van der Waals surface area (Å²) in [7, 11) is 0. The van der Waals surface area contributed by atoms with E-state index in [2.05, 4.69) is 32.0 Å². The van der Waals surface area contributed by atoms with E-state index in [1.54, 1.807) is 6.20 Å². The number of carbonyl (C=O) groups is 1. The molecule has 0 spiro atoms. The molecule has 0 bridgehead atoms. The Hall–Kier alpha value is -3.94. The summed E-state index contributed by atoms with van der Waals surface area (Å²) in [5, 5.41) is 3.80. The van der Waals surface area contributed by atoms with E-state index < -0.39 is 6.09 Å². The summed E-state index contributed by atoms with van der Waals surface area (Å²) < 4.78 is 13.6. The normalized spacial score (nSPS) is 13.6. The van der Waals surface area contributed by atoms with E-state index >= 15 is 0 Å². The van der Waals surface area contributed by atoms with Gasteiger partial charge >= 0.3 is 6.09 Å². The number of nitrogens with two attached hydrogens (primary N) is 1. The van der Waals surface area contributed by atoms with Gasteiger partial charge in [0.15, 0.2) is 0 Å². The highest BCUT2D eigenvalue weighted by atomic mass is 16.6. The molecule has 2 aromatic carbocycles. The van der Waals surface area contributed by atoms with Gasteiger partial charge in [-0.2, -0.15) is 0 Å². The largest absolute Gasteiger partial charge is 0.494 e. The second-order valence-corrected chi connectivity index (χ2v) is 9.54. The van der Waals surface area contributed by atoms with Crippen LogP contribution in [0.15, 0.2) is 54.9 Å². The molecule has 1 aliphatic rings. The lowest BCUT2D eigenvalue weighted by Crippen LogP contribution is -2.18. The van der Waals surface area contributed by atoms with Crippen LogP contribution >= 0.6 is 0 Å². The predicted octanol–water partition coefficient (Wildman–Crippen LogP) is 6.31. The van der Waals surface area contributed by atoms with E-state index in [1.807, 2.05) is 50.4 Å². The molecule has 0 radical (unpaired) electrons. The molecular weight excluding hydrogens is 454 g/mol. The molecular formula is C28H33N5O3. The average Bonchev–Trinajstić information content (AvgIpc) is 3.43. The number of H-pyrrole nitrogens is 1. The van der Waals surface area contributed by atoms with Crippen molar-refractivity contribution in [3.8, 4) is 17.0 Å². The third-order valence-corrected chi connectivity index (χ3v) is 6.58. The maximum Gasteiger partial charge on any atom is 0.411 e. The molecule has 8 heteroatoms. The number of rotatable bonds is 9. The van der Waals surface area contributed by atoms with Gasteiger partial charge in [0.2, 0.25) is 0 Å². The van der Waals surface area contributed by atoms with Crippen LogP contribution < -0.4 is 15.8 Å². The first-order valence-electron chi connectivity index (χ1n) is 12.6. The Balaban J connectivity index is 1.39. The third kappa shape index (κ3) is 5.03. The summed E-state index contributed by atoms with van der Waals surface area (Å²) in [4.78, 5) is 19.3. The van der Waals surface area contributed by atoms with Gasteiger partial charge in [-0.1, -0.05) is 12.1 Å². The van der Waals surface area contributed by atoms with Crippen LogP contribution in [-0.4, -0.2) is 33.3 Å². The monoisotopic (exact) mass is 487 g/mol. The number of nitrogens with one attached hydrogen (secondary N) is 2. The van der Waals surface area contributed by atoms with Crippen molar-refractivity contribution in [2.45, 2.75) is 58.1 Å². The molecule has 4 aromatic rings. The van der Waals surface area contributed by atoms with Crippen molar-refractivity contribution in [3.05, 3.63) is 60.7 Å². The summed E-state index contributed by atoms with van der Waals surface area (Å²) in [6, 6.07) is 14.3. The van der Waals surface area contributed by atoms with Crippen LogP contribution in [0, 0.1) is 0 Å². The van der Waals surface area contributed by atoms with Gasteiger partial charge in [0, 0.05) is 47.6 Å². The Morgan fingerprint density at radius 3 is 2.69 bits per heavy atom. The van der Waals surface area contributed by atoms with Gasteiger partial charge in [-0.25, -0.2) is 9.78 Å². The lowest BCUT2D eigenvalue weighted by Gasteiger charge is -2.30. The Bertz CT molecular complexity index is 1320. The molecule has 1 saturated carbocycles. The number of hydrogen-bond donors (Lipinski definition) is 3. The molecule has 188 valence electrons. The molecule has 4 N–H and O–H groups in total. The molecule has 1 aliphatic carbocycles. The minimum absolute atomic E-state index is 0.174. The van der Waals surface area contributed by atoms with Crippen LogP contribution in [0.1, 0.15) is 51.4 Å². The molecule has 1 amide bonds. The summed E-state index contributed by atoms with van der Waals surface area (Å²) in [6.45, 7) is 4.26. The fourth-order valence-corrected chi connectivity index (χ4v) is 4.66. The Morgan fingerprint density at radius 1 is 1.22 bits per heavy atom. The minimum Gasteiger partial charge on any atom is -0.494 e. The Kier molecular flexibility index (Phi) is 6.84. The van der Waals surface area contributed by atoms with Gasteiger partial charge in [0.25, 0.3) is 0 Å². The molecule has 2 aromatic heterocycles. The first-order valence-corrected chi connectivity index (χ1v) is 12.6. The number of carbonyl (C=O) groups excluding carboxylic acids is 1. The fraction of sp³-hybridized carbons (Fsp3) is 0.357. The number of aromatic nitrogens is 3. The zero-order valence-corrected chi connectivity index (χ0v) is 20.8. The van der Waals surface area contributed by atoms with Crippen molar-refractivity contribution in [2.24, 2.45) is 0 Å². The van der Waals surface area contributed by atoms with Gasteiger partial charge in [0.1, 0.15) is 11.6 Å². The standard InChI is InChI=1S/C28H33N5O3/c1-18(2)36-28(34)32-20-10-8-19(9-11-20)27-26(29)23-13-12-22(17-24(23)33(27)21-5-3-6-21)35-16-4-7-25-30-14-15-31-25/h8-15,17-18,21H,3-7,16,29H2,1-2H3,(H,30,31)(H,32,34). The van der Waals surface area contributed by atoms with E-state index in [1.165, 1.54) is 6.42 Å². The number of nitrogen functional groups attached to an aromatic ring is 1. The number of imidazole rings is 1. The third-order valence-electron chi connectivity index (χ3n) is 6.58. The number of benzene rings is 2. The van der Waals surface area contributed by atoms with Crippen molar-refractivity contribution in [2.75, 3.05) is 17.7 Å². The molecule has 0 atom stereocenters. The molecule has 1 fully saturated rings. The fourth-order valence-electron chi connectivity index (χ4n) is 4.66. The van der Waals surface area contributed by atoms with E-state index in [-0.39, 0.29) is 6.10 Å². The number of hydrogen-bond acceptors (Lipinski definition) is 5. The van der Waals surface area contributed by atoms with Gasteiger partial charge in [-0.15, -0.1) is 0 Å². The first kappa shape index (κ1) is 23.8. The van der Waals surface area contributed by atoms with Gasteiger partial charge < -0.3 is 24.8 Å². The molecule has 0 saturated heterocycles. The lowest BCUT2D eigenvalue weighted by atomic mass is 9.92. The first-order chi connectivity index (χ1) is 17.5. The zero-order valence-electron chi connectivity index (χ0n) is 20.8. The molecule has 0 unspecified atom stereocenters. The van der Waals surface area contributed by atoms with Crippen LogP contribution in [0.5, 0.6) is 5.75 Å². The van der Waals surface area contributed by atoms with Crippen LogP contribution in [0.2, 0.25) is 0 Å². The number of aryl methyl sites for hydroxylation is 1. The quantitative estimate of drug-likeness (QED) is 0.240. The highest BCUT2D eigenvalue weighted by molar-refractivity contribution is 6.01. The van der Waals surface area contributed by atoms with E-state index in [0.29, 0.717) is 18.3 Å². The van der Waals surface area contributed by atoms with Gasteiger partial charge in [0.05, 0.1) is 29.6 Å². The average molecular weight is 488 g/mol. The second kappa shape index (κ2) is 10.4. The topological polar surface area (TPSA) is 107 Å². The maximum absolute atomic E-state index is 12.0. The molecule has 5 rings (SSSR count). The number of aromatic amines is 1. The summed E-state index contributed by atoms with van der Waals surface area (Å²) >= 11 is 0. The van der Waals surface area contributed by atoms with Crippen molar-refractivity contribution < 1.29 is 14.3 Å². The number of ether oxygens (including phenoxy) is 2. The maximum atomic E-state index is 12.0. The van der Waals surface area contributed by atoms with E-state index in [4.69, 9.17) is 15.2 Å². The van der Waals surface area contributed by atoms with Crippen LogP contribution in [-0.2, 0) is 11.2 Å². The molecule has 8 nitrogen and oxygen atoms in total. The van der Waals surface area contributed by atoms with Crippen LogP contribution in [0.25, 0.3) is 22.2 Å². The molecule has 36 heavy (non-hydrogen) atoms. The predicted molar refractivity (Wildman–Crippen MR) is 142 cm³/mol.